The van der Waals surface area contributed by atoms with Gasteiger partial charge in [-0.1, -0.05) is 18.2 Å². The molecule has 1 N–H and O–H groups in total. The van der Waals surface area contributed by atoms with E-state index < -0.39 is 6.30 Å². The summed E-state index contributed by atoms with van der Waals surface area (Å²) in [6.07, 6.45) is -4.32. The van der Waals surface area contributed by atoms with Gasteiger partial charge in [0, 0.05) is 0 Å². The summed E-state index contributed by atoms with van der Waals surface area (Å²) in [5.74, 6) is 0. The van der Waals surface area contributed by atoms with Gasteiger partial charge in [0.05, 0.1) is 12.2 Å². The molecule has 0 bridgehead atoms. The van der Waals surface area contributed by atoms with Crippen molar-refractivity contribution < 1.29 is 13.2 Å². The van der Waals surface area contributed by atoms with E-state index in [0.29, 0.717) is 11.3 Å². The molecule has 0 spiro atoms. The molecule has 1 aromatic rings. The van der Waals surface area contributed by atoms with Gasteiger partial charge < -0.3 is 5.43 Å². The van der Waals surface area contributed by atoms with Crippen molar-refractivity contribution in [1.82, 2.24) is 5.01 Å². The Labute approximate surface area is 72.9 Å². The Morgan fingerprint density at radius 2 is 1.92 bits per heavy atom. The lowest BCUT2D eigenvalue weighted by Crippen LogP contribution is -2.37. The van der Waals surface area contributed by atoms with Crippen molar-refractivity contribution in [2.24, 2.45) is 0 Å². The van der Waals surface area contributed by atoms with Crippen molar-refractivity contribution in [3.8, 4) is 0 Å². The zero-order chi connectivity index (χ0) is 9.47. The van der Waals surface area contributed by atoms with E-state index in [4.69, 9.17) is 0 Å². The maximum Gasteiger partial charge on any atom is 0.477 e. The minimum absolute atomic E-state index is 0.125. The third-order valence-electron chi connectivity index (χ3n) is 1.91. The van der Waals surface area contributed by atoms with Gasteiger partial charge in [0.25, 0.3) is 0 Å². The number of hydrazine groups is 1. The molecule has 0 saturated heterocycles. The summed E-state index contributed by atoms with van der Waals surface area (Å²) in [4.78, 5) is 0. The fraction of sp³-hybridized carbons (Fsp3) is 0.250. The minimum Gasteiger partial charge on any atom is -0.311 e. The summed E-state index contributed by atoms with van der Waals surface area (Å²) in [7, 11) is 0. The number of halogens is 3. The van der Waals surface area contributed by atoms with E-state index in [2.05, 4.69) is 5.43 Å². The van der Waals surface area contributed by atoms with E-state index in [1.54, 1.807) is 24.3 Å². The molecular weight excluding hydrogens is 181 g/mol. The average molecular weight is 188 g/mol. The number of nitrogens with zero attached hydrogens (tertiary/aromatic N) is 1. The Kier molecular flexibility index (Phi) is 1.69. The Hall–Kier alpha value is -1.23. The van der Waals surface area contributed by atoms with Gasteiger partial charge in [-0.25, -0.2) is 0 Å². The van der Waals surface area contributed by atoms with Gasteiger partial charge >= 0.3 is 6.30 Å². The number of hydrogen-bond acceptors (Lipinski definition) is 2. The lowest BCUT2D eigenvalue weighted by atomic mass is 10.2. The second kappa shape index (κ2) is 2.63. The van der Waals surface area contributed by atoms with Crippen LogP contribution in [-0.2, 0) is 6.54 Å². The van der Waals surface area contributed by atoms with Crippen molar-refractivity contribution in [3.63, 3.8) is 0 Å². The van der Waals surface area contributed by atoms with Crippen molar-refractivity contribution in [2.75, 3.05) is 5.43 Å². The highest BCUT2D eigenvalue weighted by Gasteiger charge is 2.40. The molecule has 0 fully saturated rings. The van der Waals surface area contributed by atoms with Crippen molar-refractivity contribution >= 4 is 5.69 Å². The summed E-state index contributed by atoms with van der Waals surface area (Å²) in [6, 6.07) is 6.72. The molecule has 1 aliphatic heterocycles. The standard InChI is InChI=1S/C8H7F3N2/c9-8(10,11)13-5-6-3-1-2-4-7(6)12-13/h1-4,12H,5H2. The molecule has 5 heteroatoms. The molecule has 0 radical (unpaired) electrons. The Balaban J connectivity index is 2.23. The van der Waals surface area contributed by atoms with Crippen LogP contribution in [0, 0.1) is 0 Å². The third kappa shape index (κ3) is 1.47. The highest BCUT2D eigenvalue weighted by atomic mass is 19.4. The number of anilines is 1. The number of fused-ring (bicyclic) bond motifs is 1. The molecule has 2 nitrogen and oxygen atoms in total. The monoisotopic (exact) mass is 188 g/mol. The minimum atomic E-state index is -4.32. The van der Waals surface area contributed by atoms with E-state index >= 15 is 0 Å². The molecular formula is C8H7F3N2. The molecule has 1 aromatic carbocycles. The van der Waals surface area contributed by atoms with Crippen LogP contribution in [0.5, 0.6) is 0 Å². The first-order valence-electron chi connectivity index (χ1n) is 3.76. The maximum atomic E-state index is 12.2. The quantitative estimate of drug-likeness (QED) is 0.628. The van der Waals surface area contributed by atoms with Gasteiger partial charge in [0.1, 0.15) is 0 Å². The predicted molar refractivity (Wildman–Crippen MR) is 41.7 cm³/mol. The second-order valence-electron chi connectivity index (χ2n) is 2.82. The molecule has 2 rings (SSSR count). The van der Waals surface area contributed by atoms with Crippen LogP contribution in [0.2, 0.25) is 0 Å². The van der Waals surface area contributed by atoms with Gasteiger partial charge in [0.15, 0.2) is 0 Å². The van der Waals surface area contributed by atoms with Crippen LogP contribution in [0.4, 0.5) is 18.9 Å². The van der Waals surface area contributed by atoms with Crippen LogP contribution in [0.25, 0.3) is 0 Å². The molecule has 0 aliphatic carbocycles. The first-order valence-corrected chi connectivity index (χ1v) is 3.76. The van der Waals surface area contributed by atoms with Crippen LogP contribution in [0.1, 0.15) is 5.56 Å². The highest BCUT2D eigenvalue weighted by Crippen LogP contribution is 2.32. The average Bonchev–Trinajstić information content (AvgIpc) is 2.45. The number of para-hydroxylation sites is 1. The summed E-state index contributed by atoms with van der Waals surface area (Å²) in [5.41, 5.74) is 3.48. The number of alkyl halides is 3. The van der Waals surface area contributed by atoms with Gasteiger partial charge in [0.2, 0.25) is 0 Å². The molecule has 13 heavy (non-hydrogen) atoms. The molecule has 0 aromatic heterocycles. The fourth-order valence-corrected chi connectivity index (χ4v) is 1.28. The Morgan fingerprint density at radius 1 is 1.23 bits per heavy atom. The molecule has 0 amide bonds. The number of benzene rings is 1. The molecule has 0 unspecified atom stereocenters. The van der Waals surface area contributed by atoms with Gasteiger partial charge in [-0.15, -0.1) is 5.01 Å². The fourth-order valence-electron chi connectivity index (χ4n) is 1.28. The third-order valence-corrected chi connectivity index (χ3v) is 1.91. The second-order valence-corrected chi connectivity index (χ2v) is 2.82. The summed E-state index contributed by atoms with van der Waals surface area (Å²) < 4.78 is 36.6. The molecule has 1 aliphatic rings. The van der Waals surface area contributed by atoms with E-state index in [1.165, 1.54) is 0 Å². The van der Waals surface area contributed by atoms with Crippen molar-refractivity contribution in [3.05, 3.63) is 29.8 Å². The summed E-state index contributed by atoms with van der Waals surface area (Å²) in [6.45, 7) is -0.125. The molecule has 0 atom stereocenters. The lowest BCUT2D eigenvalue weighted by Gasteiger charge is -2.18. The van der Waals surface area contributed by atoms with Crippen LogP contribution in [0.3, 0.4) is 0 Å². The summed E-state index contributed by atoms with van der Waals surface area (Å²) >= 11 is 0. The molecule has 0 saturated carbocycles. The molecule has 70 valence electrons. The molecule has 1 heterocycles. The largest absolute Gasteiger partial charge is 0.477 e. The normalized spacial score (nSPS) is 16.8. The zero-order valence-corrected chi connectivity index (χ0v) is 6.60. The number of hydrogen-bond donors (Lipinski definition) is 1. The topological polar surface area (TPSA) is 15.3 Å². The zero-order valence-electron chi connectivity index (χ0n) is 6.60. The van der Waals surface area contributed by atoms with Crippen LogP contribution in [0.15, 0.2) is 24.3 Å². The van der Waals surface area contributed by atoms with Gasteiger partial charge in [-0.3, -0.25) is 0 Å². The van der Waals surface area contributed by atoms with E-state index in [-0.39, 0.29) is 11.6 Å². The van der Waals surface area contributed by atoms with Crippen LogP contribution < -0.4 is 5.43 Å². The highest BCUT2D eigenvalue weighted by molar-refractivity contribution is 5.53. The van der Waals surface area contributed by atoms with E-state index in [0.717, 1.165) is 0 Å². The van der Waals surface area contributed by atoms with Gasteiger partial charge in [-0.05, 0) is 11.6 Å². The lowest BCUT2D eigenvalue weighted by molar-refractivity contribution is -0.237. The van der Waals surface area contributed by atoms with Crippen molar-refractivity contribution in [2.45, 2.75) is 12.8 Å². The first kappa shape index (κ1) is 8.37. The Morgan fingerprint density at radius 3 is 2.54 bits per heavy atom. The Bertz CT molecular complexity index is 296. The summed E-state index contributed by atoms with van der Waals surface area (Å²) in [5, 5.41) is 0.262. The van der Waals surface area contributed by atoms with Crippen molar-refractivity contribution in [1.29, 1.82) is 0 Å². The maximum absolute atomic E-state index is 12.2. The first-order chi connectivity index (χ1) is 6.07. The number of rotatable bonds is 0. The van der Waals surface area contributed by atoms with Gasteiger partial charge in [-0.2, -0.15) is 13.2 Å². The van der Waals surface area contributed by atoms with Crippen LogP contribution >= 0.6 is 0 Å². The smallest absolute Gasteiger partial charge is 0.311 e. The van der Waals surface area contributed by atoms with E-state index in [1.807, 2.05) is 0 Å². The predicted octanol–water partition coefficient (Wildman–Crippen LogP) is 2.35. The number of nitrogens with one attached hydrogen (secondary N) is 1. The SMILES string of the molecule is FC(F)(F)N1Cc2ccccc2N1. The van der Waals surface area contributed by atoms with E-state index in [9.17, 15) is 13.2 Å². The van der Waals surface area contributed by atoms with Crippen LogP contribution in [-0.4, -0.2) is 11.3 Å².